The fraction of sp³-hybridized carbons (Fsp3) is 0.385. The first-order valence-corrected chi connectivity index (χ1v) is 6.19. The molecule has 80 valence electrons. The number of fused-ring (bicyclic) bond motifs is 1. The van der Waals surface area contributed by atoms with Crippen molar-refractivity contribution in [2.45, 2.75) is 26.4 Å². The summed E-state index contributed by atoms with van der Waals surface area (Å²) in [5, 5.41) is 13.3. The number of thiophene rings is 1. The van der Waals surface area contributed by atoms with E-state index in [1.165, 1.54) is 15.6 Å². The molecule has 0 aliphatic carbocycles. The van der Waals surface area contributed by atoms with Crippen molar-refractivity contribution in [1.29, 1.82) is 0 Å². The lowest BCUT2D eigenvalue weighted by Crippen LogP contribution is -2.17. The lowest BCUT2D eigenvalue weighted by Gasteiger charge is -2.13. The van der Waals surface area contributed by atoms with Gasteiger partial charge in [-0.05, 0) is 28.3 Å². The van der Waals surface area contributed by atoms with E-state index in [-0.39, 0.29) is 6.10 Å². The monoisotopic (exact) mass is 220 g/mol. The molecule has 0 bridgehead atoms. The van der Waals surface area contributed by atoms with Crippen molar-refractivity contribution in [3.63, 3.8) is 0 Å². The Kier molecular flexibility index (Phi) is 3.08. The molecule has 15 heavy (non-hydrogen) atoms. The lowest BCUT2D eigenvalue weighted by molar-refractivity contribution is 0.126. The van der Waals surface area contributed by atoms with Crippen LogP contribution in [0, 0.1) is 5.92 Å². The van der Waals surface area contributed by atoms with Crippen molar-refractivity contribution >= 4 is 21.4 Å². The van der Waals surface area contributed by atoms with Crippen molar-refractivity contribution in [3.05, 3.63) is 35.2 Å². The van der Waals surface area contributed by atoms with Crippen molar-refractivity contribution in [1.82, 2.24) is 0 Å². The van der Waals surface area contributed by atoms with E-state index in [4.69, 9.17) is 0 Å². The average Bonchev–Trinajstić information content (AvgIpc) is 2.62. The van der Waals surface area contributed by atoms with E-state index in [2.05, 4.69) is 43.5 Å². The van der Waals surface area contributed by atoms with E-state index < -0.39 is 0 Å². The summed E-state index contributed by atoms with van der Waals surface area (Å²) < 4.78 is 1.31. The largest absolute Gasteiger partial charge is 0.393 e. The first kappa shape index (κ1) is 10.7. The van der Waals surface area contributed by atoms with Crippen LogP contribution in [0.4, 0.5) is 0 Å². The Morgan fingerprint density at radius 1 is 1.27 bits per heavy atom. The summed E-state index contributed by atoms with van der Waals surface area (Å²) >= 11 is 1.76. The minimum atomic E-state index is -0.233. The van der Waals surface area contributed by atoms with Gasteiger partial charge in [0.05, 0.1) is 6.10 Å². The van der Waals surface area contributed by atoms with E-state index in [1.54, 1.807) is 11.3 Å². The molecule has 0 saturated heterocycles. The zero-order valence-corrected chi connectivity index (χ0v) is 9.92. The Morgan fingerprint density at radius 2 is 2.00 bits per heavy atom. The molecule has 1 aromatic carbocycles. The summed E-state index contributed by atoms with van der Waals surface area (Å²) in [6, 6.07) is 8.38. The zero-order valence-electron chi connectivity index (χ0n) is 9.10. The molecule has 0 radical (unpaired) electrons. The van der Waals surface area contributed by atoms with Gasteiger partial charge in [-0.15, -0.1) is 11.3 Å². The van der Waals surface area contributed by atoms with Crippen LogP contribution in [0.3, 0.4) is 0 Å². The highest BCUT2D eigenvalue weighted by Crippen LogP contribution is 2.27. The van der Waals surface area contributed by atoms with Crippen molar-refractivity contribution in [2.24, 2.45) is 5.92 Å². The topological polar surface area (TPSA) is 20.2 Å². The highest BCUT2D eigenvalue weighted by atomic mass is 32.1. The molecule has 2 rings (SSSR count). The predicted molar refractivity (Wildman–Crippen MR) is 66.4 cm³/mol. The van der Waals surface area contributed by atoms with Crippen LogP contribution in [0.25, 0.3) is 10.1 Å². The molecule has 0 fully saturated rings. The molecule has 1 unspecified atom stereocenters. The minimum absolute atomic E-state index is 0.233. The fourth-order valence-corrected chi connectivity index (χ4v) is 2.63. The van der Waals surface area contributed by atoms with Gasteiger partial charge in [0.15, 0.2) is 0 Å². The van der Waals surface area contributed by atoms with Crippen LogP contribution in [0.1, 0.15) is 19.4 Å². The maximum Gasteiger partial charge on any atom is 0.0603 e. The van der Waals surface area contributed by atoms with Gasteiger partial charge >= 0.3 is 0 Å². The highest BCUT2D eigenvalue weighted by molar-refractivity contribution is 7.17. The van der Waals surface area contributed by atoms with Gasteiger partial charge in [0.25, 0.3) is 0 Å². The Bertz CT molecular complexity index is 444. The quantitative estimate of drug-likeness (QED) is 0.840. The number of benzene rings is 1. The molecular formula is C13H16OS. The van der Waals surface area contributed by atoms with E-state index >= 15 is 0 Å². The number of hydrogen-bond acceptors (Lipinski definition) is 2. The van der Waals surface area contributed by atoms with Gasteiger partial charge in [-0.25, -0.2) is 0 Å². The van der Waals surface area contributed by atoms with Crippen molar-refractivity contribution < 1.29 is 5.11 Å². The van der Waals surface area contributed by atoms with Crippen LogP contribution in [0.5, 0.6) is 0 Å². The summed E-state index contributed by atoms with van der Waals surface area (Å²) in [6.07, 6.45) is 0.532. The van der Waals surface area contributed by atoms with Crippen LogP contribution >= 0.6 is 11.3 Å². The Morgan fingerprint density at radius 3 is 2.73 bits per heavy atom. The molecule has 0 saturated carbocycles. The van der Waals surface area contributed by atoms with Gasteiger partial charge in [-0.3, -0.25) is 0 Å². The summed E-state index contributed by atoms with van der Waals surface area (Å²) in [7, 11) is 0. The molecule has 1 nitrogen and oxygen atoms in total. The molecule has 2 heteroatoms. The lowest BCUT2D eigenvalue weighted by atomic mass is 9.99. The SMILES string of the molecule is CC(C)C(O)Cc1csc2ccccc12. The van der Waals surface area contributed by atoms with Gasteiger partial charge in [-0.1, -0.05) is 32.0 Å². The first-order chi connectivity index (χ1) is 7.18. The second-order valence-corrected chi connectivity index (χ2v) is 5.18. The predicted octanol–water partition coefficient (Wildman–Crippen LogP) is 3.46. The van der Waals surface area contributed by atoms with Crippen molar-refractivity contribution in [3.8, 4) is 0 Å². The molecule has 1 N–H and O–H groups in total. The Labute approximate surface area is 94.4 Å². The van der Waals surface area contributed by atoms with Crippen LogP contribution in [0.15, 0.2) is 29.6 Å². The second kappa shape index (κ2) is 4.33. The number of hydrogen-bond donors (Lipinski definition) is 1. The molecule has 1 heterocycles. The standard InChI is InChI=1S/C13H16OS/c1-9(2)12(14)7-10-8-15-13-6-4-3-5-11(10)13/h3-6,8-9,12,14H,7H2,1-2H3. The Hall–Kier alpha value is -0.860. The molecule has 1 atom stereocenters. The molecule has 0 aliphatic rings. The van der Waals surface area contributed by atoms with Crippen molar-refractivity contribution in [2.75, 3.05) is 0 Å². The first-order valence-electron chi connectivity index (χ1n) is 5.31. The van der Waals surface area contributed by atoms with Gasteiger partial charge in [0.2, 0.25) is 0 Å². The van der Waals surface area contributed by atoms with E-state index in [0.717, 1.165) is 6.42 Å². The minimum Gasteiger partial charge on any atom is -0.393 e. The maximum atomic E-state index is 9.86. The molecular weight excluding hydrogens is 204 g/mol. The summed E-state index contributed by atoms with van der Waals surface area (Å²) in [4.78, 5) is 0. The van der Waals surface area contributed by atoms with E-state index in [1.807, 2.05) is 0 Å². The zero-order chi connectivity index (χ0) is 10.8. The summed E-state index contributed by atoms with van der Waals surface area (Å²) in [5.74, 6) is 0.323. The van der Waals surface area contributed by atoms with Crippen LogP contribution in [0.2, 0.25) is 0 Å². The van der Waals surface area contributed by atoms with Gasteiger partial charge in [-0.2, -0.15) is 0 Å². The van der Waals surface area contributed by atoms with Gasteiger partial charge in [0, 0.05) is 11.1 Å². The van der Waals surface area contributed by atoms with Gasteiger partial charge < -0.3 is 5.11 Å². The summed E-state index contributed by atoms with van der Waals surface area (Å²) in [5.41, 5.74) is 1.27. The van der Waals surface area contributed by atoms with Crippen LogP contribution in [-0.4, -0.2) is 11.2 Å². The third-order valence-corrected chi connectivity index (χ3v) is 3.77. The summed E-state index contributed by atoms with van der Waals surface area (Å²) in [6.45, 7) is 4.11. The second-order valence-electron chi connectivity index (χ2n) is 4.27. The van der Waals surface area contributed by atoms with E-state index in [0.29, 0.717) is 5.92 Å². The number of aliphatic hydroxyl groups is 1. The van der Waals surface area contributed by atoms with E-state index in [9.17, 15) is 5.11 Å². The number of rotatable bonds is 3. The van der Waals surface area contributed by atoms with Crippen LogP contribution < -0.4 is 0 Å². The number of aliphatic hydroxyl groups excluding tert-OH is 1. The molecule has 0 spiro atoms. The third-order valence-electron chi connectivity index (χ3n) is 2.76. The fourth-order valence-electron chi connectivity index (χ4n) is 1.65. The highest BCUT2D eigenvalue weighted by Gasteiger charge is 2.12. The van der Waals surface area contributed by atoms with Gasteiger partial charge in [0.1, 0.15) is 0 Å². The average molecular weight is 220 g/mol. The normalized spacial score (nSPS) is 13.6. The maximum absolute atomic E-state index is 9.86. The molecule has 0 amide bonds. The van der Waals surface area contributed by atoms with Crippen LogP contribution in [-0.2, 0) is 6.42 Å². The molecule has 1 aromatic heterocycles. The smallest absolute Gasteiger partial charge is 0.0603 e. The molecule has 0 aliphatic heterocycles. The molecule has 2 aromatic rings. The third kappa shape index (κ3) is 2.21. The Balaban J connectivity index is 2.29.